The molecule has 2 N–H and O–H groups in total. The first-order valence-electron chi connectivity index (χ1n) is 11.4. The summed E-state index contributed by atoms with van der Waals surface area (Å²) in [6.07, 6.45) is 1.25. The van der Waals surface area contributed by atoms with Crippen molar-refractivity contribution in [3.63, 3.8) is 0 Å². The summed E-state index contributed by atoms with van der Waals surface area (Å²) < 4.78 is 10.9. The van der Waals surface area contributed by atoms with Crippen LogP contribution in [-0.2, 0) is 19.1 Å². The molecule has 7 nitrogen and oxygen atoms in total. The van der Waals surface area contributed by atoms with Crippen LogP contribution in [0.1, 0.15) is 36.5 Å². The van der Waals surface area contributed by atoms with Gasteiger partial charge in [-0.3, -0.25) is 9.59 Å². The van der Waals surface area contributed by atoms with Crippen molar-refractivity contribution in [2.75, 3.05) is 13.2 Å². The monoisotopic (exact) mass is 466 g/mol. The lowest BCUT2D eigenvalue weighted by molar-refractivity contribution is -0.139. The lowest BCUT2D eigenvalue weighted by atomic mass is 9.90. The molecule has 0 aromatic heterocycles. The molecule has 2 aromatic carbocycles. The highest BCUT2D eigenvalue weighted by atomic mass is 16.5. The fourth-order valence-electron chi connectivity index (χ4n) is 4.22. The number of esters is 1. The average Bonchev–Trinajstić information content (AvgIpc) is 3.11. The molecule has 1 saturated carbocycles. The Morgan fingerprint density at radius 3 is 2.35 bits per heavy atom. The minimum atomic E-state index is -1.06. The van der Waals surface area contributed by atoms with Crippen molar-refractivity contribution in [3.05, 3.63) is 72.3 Å². The number of aliphatic hydroxyl groups is 1. The first-order valence-corrected chi connectivity index (χ1v) is 11.4. The van der Waals surface area contributed by atoms with Gasteiger partial charge in [0.15, 0.2) is 5.78 Å². The highest BCUT2D eigenvalue weighted by Gasteiger charge is 2.44. The lowest BCUT2D eigenvalue weighted by Crippen LogP contribution is -2.26. The second-order valence-electron chi connectivity index (χ2n) is 8.30. The highest BCUT2D eigenvalue weighted by molar-refractivity contribution is 5.90. The average molecular weight is 467 g/mol. The summed E-state index contributed by atoms with van der Waals surface area (Å²) >= 11 is 0. The number of benzene rings is 2. The molecule has 0 amide bonds. The van der Waals surface area contributed by atoms with Crippen LogP contribution >= 0.6 is 0 Å². The van der Waals surface area contributed by atoms with Gasteiger partial charge in [0.2, 0.25) is 0 Å². The molecule has 180 valence electrons. The first kappa shape index (κ1) is 25.3. The number of allylic oxidation sites excluding steroid dienone is 1. The Balaban J connectivity index is 1.71. The van der Waals surface area contributed by atoms with E-state index in [1.54, 1.807) is 18.2 Å². The number of hydrogen-bond donors (Lipinski definition) is 2. The van der Waals surface area contributed by atoms with Crippen molar-refractivity contribution in [2.45, 2.75) is 38.4 Å². The Kier molecular flexibility index (Phi) is 9.13. The van der Waals surface area contributed by atoms with E-state index in [0.29, 0.717) is 18.8 Å². The van der Waals surface area contributed by atoms with E-state index in [1.807, 2.05) is 49.4 Å². The van der Waals surface area contributed by atoms with Gasteiger partial charge in [-0.15, -0.1) is 0 Å². The number of carboxylic acids is 1. The summed E-state index contributed by atoms with van der Waals surface area (Å²) in [5.41, 5.74) is 2.34. The Morgan fingerprint density at radius 1 is 1.03 bits per heavy atom. The molecule has 2 aromatic rings. The largest absolute Gasteiger partial charge is 0.481 e. The molecule has 0 radical (unpaired) electrons. The Hall–Kier alpha value is -3.29. The van der Waals surface area contributed by atoms with Crippen molar-refractivity contribution >= 4 is 17.7 Å². The lowest BCUT2D eigenvalue weighted by Gasteiger charge is -2.21. The van der Waals surface area contributed by atoms with Gasteiger partial charge in [0, 0.05) is 31.3 Å². The summed E-state index contributed by atoms with van der Waals surface area (Å²) in [6, 6.07) is 16.8. The van der Waals surface area contributed by atoms with Crippen LogP contribution in [0.3, 0.4) is 0 Å². The van der Waals surface area contributed by atoms with Crippen LogP contribution in [0.2, 0.25) is 0 Å². The van der Waals surface area contributed by atoms with Gasteiger partial charge < -0.3 is 19.7 Å². The third-order valence-electron chi connectivity index (χ3n) is 5.99. The molecule has 0 spiro atoms. The van der Waals surface area contributed by atoms with E-state index in [9.17, 15) is 24.6 Å². The molecule has 34 heavy (non-hydrogen) atoms. The van der Waals surface area contributed by atoms with Crippen molar-refractivity contribution in [1.29, 1.82) is 0 Å². The van der Waals surface area contributed by atoms with Crippen molar-refractivity contribution in [2.24, 2.45) is 11.8 Å². The van der Waals surface area contributed by atoms with Gasteiger partial charge >= 0.3 is 11.9 Å². The predicted molar refractivity (Wildman–Crippen MR) is 126 cm³/mol. The summed E-state index contributed by atoms with van der Waals surface area (Å²) in [4.78, 5) is 36.3. The molecule has 0 heterocycles. The van der Waals surface area contributed by atoms with E-state index in [4.69, 9.17) is 9.47 Å². The molecule has 1 fully saturated rings. The standard InChI is InChI=1S/C27H30O7/c1-2-33-15-14-21(28)12-13-22-23(16-26(30)31)24(29)17-25(22)34-27(32)20-10-8-19(9-11-20)18-6-4-3-5-7-18/h3-13,22-25,29H,2,14-17H2,1H3,(H,30,31)/t22-,23-,24+,25-/m0/s1. The van der Waals surface area contributed by atoms with Gasteiger partial charge in [-0.2, -0.15) is 0 Å². The van der Waals surface area contributed by atoms with Gasteiger partial charge in [-0.25, -0.2) is 4.79 Å². The minimum absolute atomic E-state index is 0.105. The number of ketones is 1. The fraction of sp³-hybridized carbons (Fsp3) is 0.370. The number of carboxylic acid groups (broad SMARTS) is 1. The van der Waals surface area contributed by atoms with E-state index in [1.165, 1.54) is 6.08 Å². The van der Waals surface area contributed by atoms with Gasteiger partial charge in [0.1, 0.15) is 6.10 Å². The van der Waals surface area contributed by atoms with Crippen LogP contribution in [0.25, 0.3) is 11.1 Å². The quantitative estimate of drug-likeness (QED) is 0.294. The SMILES string of the molecule is CCOCCC(=O)C=C[C@H]1[C@H](CC(=O)O)[C@H](O)C[C@@H]1OC(=O)c1ccc(-c2ccccc2)cc1. The minimum Gasteiger partial charge on any atom is -0.481 e. The molecule has 0 aliphatic heterocycles. The Bertz CT molecular complexity index is 997. The van der Waals surface area contributed by atoms with E-state index < -0.39 is 36.0 Å². The number of rotatable bonds is 11. The molecule has 7 heteroatoms. The maximum absolute atomic E-state index is 12.8. The molecule has 0 bridgehead atoms. The molecule has 1 aliphatic rings. The summed E-state index contributed by atoms with van der Waals surface area (Å²) in [6.45, 7) is 2.64. The van der Waals surface area contributed by atoms with E-state index in [-0.39, 0.29) is 25.0 Å². The topological polar surface area (TPSA) is 110 Å². The molecule has 0 saturated heterocycles. The highest BCUT2D eigenvalue weighted by Crippen LogP contribution is 2.38. The summed E-state index contributed by atoms with van der Waals surface area (Å²) in [5.74, 6) is -3.05. The molecule has 1 aliphatic carbocycles. The number of ether oxygens (including phenoxy) is 2. The van der Waals surface area contributed by atoms with Crippen LogP contribution in [-0.4, -0.2) is 53.4 Å². The zero-order valence-electron chi connectivity index (χ0n) is 19.1. The van der Waals surface area contributed by atoms with Gasteiger partial charge in [0.05, 0.1) is 24.7 Å². The summed E-state index contributed by atoms with van der Waals surface area (Å²) in [5, 5.41) is 19.7. The fourth-order valence-corrected chi connectivity index (χ4v) is 4.22. The normalized spacial score (nSPS) is 22.1. The van der Waals surface area contributed by atoms with Crippen LogP contribution in [0.15, 0.2) is 66.7 Å². The van der Waals surface area contributed by atoms with Crippen LogP contribution in [0.4, 0.5) is 0 Å². The maximum Gasteiger partial charge on any atom is 0.338 e. The van der Waals surface area contributed by atoms with Gasteiger partial charge in [-0.1, -0.05) is 48.5 Å². The third kappa shape index (κ3) is 6.85. The Labute approximate surface area is 199 Å². The zero-order chi connectivity index (χ0) is 24.5. The van der Waals surface area contributed by atoms with Crippen molar-refractivity contribution in [3.8, 4) is 11.1 Å². The smallest absolute Gasteiger partial charge is 0.338 e. The first-order chi connectivity index (χ1) is 16.4. The molecule has 3 rings (SSSR count). The maximum atomic E-state index is 12.8. The summed E-state index contributed by atoms with van der Waals surface area (Å²) in [7, 11) is 0. The number of carbonyl (C=O) groups is 3. The Morgan fingerprint density at radius 2 is 1.71 bits per heavy atom. The van der Waals surface area contributed by atoms with Crippen LogP contribution in [0, 0.1) is 11.8 Å². The number of hydrogen-bond acceptors (Lipinski definition) is 6. The van der Waals surface area contributed by atoms with Crippen LogP contribution < -0.4 is 0 Å². The molecule has 4 atom stereocenters. The van der Waals surface area contributed by atoms with Gasteiger partial charge in [-0.05, 0) is 36.3 Å². The number of aliphatic hydroxyl groups excluding tert-OH is 1. The van der Waals surface area contributed by atoms with E-state index in [2.05, 4.69) is 0 Å². The zero-order valence-corrected chi connectivity index (χ0v) is 19.1. The number of aliphatic carboxylic acids is 1. The van der Waals surface area contributed by atoms with E-state index >= 15 is 0 Å². The molecular formula is C27H30O7. The molecular weight excluding hydrogens is 436 g/mol. The second kappa shape index (κ2) is 12.3. The van der Waals surface area contributed by atoms with Crippen LogP contribution in [0.5, 0.6) is 0 Å². The molecule has 0 unspecified atom stereocenters. The second-order valence-corrected chi connectivity index (χ2v) is 8.30. The van der Waals surface area contributed by atoms with Gasteiger partial charge in [0.25, 0.3) is 0 Å². The number of carbonyl (C=O) groups excluding carboxylic acids is 2. The third-order valence-corrected chi connectivity index (χ3v) is 5.99. The predicted octanol–water partition coefficient (Wildman–Crippen LogP) is 3.90. The van der Waals surface area contributed by atoms with Crippen molar-refractivity contribution in [1.82, 2.24) is 0 Å². The van der Waals surface area contributed by atoms with Crippen molar-refractivity contribution < 1.29 is 34.1 Å². The van der Waals surface area contributed by atoms with E-state index in [0.717, 1.165) is 11.1 Å².